The monoisotopic (exact) mass is 282 g/mol. The van der Waals surface area contributed by atoms with E-state index < -0.39 is 34.8 Å². The summed E-state index contributed by atoms with van der Waals surface area (Å²) in [5.41, 5.74) is 4.40. The number of nitrogens with two attached hydrogens (primary N) is 1. The van der Waals surface area contributed by atoms with Gasteiger partial charge in [0.25, 0.3) is 0 Å². The zero-order valence-corrected chi connectivity index (χ0v) is 10.4. The average Bonchev–Trinajstić information content (AvgIpc) is 2.41. The van der Waals surface area contributed by atoms with Crippen LogP contribution in [0.25, 0.3) is 0 Å². The van der Waals surface area contributed by atoms with Crippen LogP contribution in [0.2, 0.25) is 0 Å². The summed E-state index contributed by atoms with van der Waals surface area (Å²) < 4.78 is 65.0. The quantitative estimate of drug-likeness (QED) is 0.364. The second kappa shape index (κ2) is 6.70. The van der Waals surface area contributed by atoms with Gasteiger partial charge in [-0.25, -0.2) is 22.0 Å². The Balaban J connectivity index is 2.74. The maximum atomic E-state index is 13.3. The number of benzene rings is 1. The summed E-state index contributed by atoms with van der Waals surface area (Å²) in [6.45, 7) is 2.48. The van der Waals surface area contributed by atoms with Crippen molar-refractivity contribution in [3.63, 3.8) is 0 Å². The van der Waals surface area contributed by atoms with E-state index in [4.69, 9.17) is 5.73 Å². The fourth-order valence-corrected chi connectivity index (χ4v) is 1.54. The van der Waals surface area contributed by atoms with Crippen LogP contribution < -0.4 is 11.1 Å². The van der Waals surface area contributed by atoms with Gasteiger partial charge >= 0.3 is 0 Å². The number of hydrogen-bond donors (Lipinski definition) is 2. The lowest BCUT2D eigenvalue weighted by Crippen LogP contribution is -2.14. The van der Waals surface area contributed by atoms with Gasteiger partial charge in [0.15, 0.2) is 23.3 Å². The lowest BCUT2D eigenvalue weighted by molar-refractivity contribution is 0.381. The van der Waals surface area contributed by atoms with Gasteiger partial charge in [-0.1, -0.05) is 6.92 Å². The second-order valence-electron chi connectivity index (χ2n) is 4.35. The Morgan fingerprint density at radius 1 is 0.947 bits per heavy atom. The molecule has 1 rings (SSSR count). The highest BCUT2D eigenvalue weighted by molar-refractivity contribution is 5.47. The third-order valence-corrected chi connectivity index (χ3v) is 2.79. The smallest absolute Gasteiger partial charge is 0.200 e. The molecule has 0 amide bonds. The fraction of sp³-hybridized carbons (Fsp3) is 0.500. The molecule has 1 atom stereocenters. The molecular formula is C12H15F5N2. The first-order valence-corrected chi connectivity index (χ1v) is 5.85. The van der Waals surface area contributed by atoms with Crippen molar-refractivity contribution in [2.24, 2.45) is 11.7 Å². The van der Waals surface area contributed by atoms with Crippen LogP contribution in [0.3, 0.4) is 0 Å². The molecule has 3 N–H and O–H groups in total. The van der Waals surface area contributed by atoms with E-state index in [0.29, 0.717) is 19.4 Å². The molecule has 0 spiro atoms. The molecule has 0 aliphatic rings. The second-order valence-corrected chi connectivity index (χ2v) is 4.35. The van der Waals surface area contributed by atoms with E-state index in [1.165, 1.54) is 0 Å². The number of anilines is 1. The standard InChI is InChI=1S/C12H15F5N2/c1-6(5-18)3-2-4-19-12-10(16)8(14)7(13)9(15)11(12)17/h6,19H,2-5,18H2,1H3. The van der Waals surface area contributed by atoms with E-state index in [9.17, 15) is 22.0 Å². The molecule has 0 bridgehead atoms. The third kappa shape index (κ3) is 3.56. The van der Waals surface area contributed by atoms with Gasteiger partial charge in [-0.3, -0.25) is 0 Å². The Labute approximate surface area is 107 Å². The number of halogens is 5. The maximum absolute atomic E-state index is 13.3. The molecule has 1 unspecified atom stereocenters. The van der Waals surface area contributed by atoms with Crippen LogP contribution in [0.5, 0.6) is 0 Å². The van der Waals surface area contributed by atoms with E-state index >= 15 is 0 Å². The zero-order valence-electron chi connectivity index (χ0n) is 10.4. The Kier molecular flexibility index (Phi) is 5.53. The highest BCUT2D eigenvalue weighted by Gasteiger charge is 2.25. The SMILES string of the molecule is CC(CN)CCCNc1c(F)c(F)c(F)c(F)c1F. The number of rotatable bonds is 6. The third-order valence-electron chi connectivity index (χ3n) is 2.79. The highest BCUT2D eigenvalue weighted by atomic mass is 19.2. The molecule has 1 aromatic rings. The van der Waals surface area contributed by atoms with Crippen molar-refractivity contribution >= 4 is 5.69 Å². The molecule has 0 heterocycles. The Morgan fingerprint density at radius 3 is 1.89 bits per heavy atom. The Bertz CT molecular complexity index is 421. The van der Waals surface area contributed by atoms with Crippen LogP contribution in [0.1, 0.15) is 19.8 Å². The first-order valence-electron chi connectivity index (χ1n) is 5.85. The van der Waals surface area contributed by atoms with E-state index in [1.54, 1.807) is 0 Å². The summed E-state index contributed by atoms with van der Waals surface area (Å²) in [5, 5.41) is 2.23. The molecular weight excluding hydrogens is 267 g/mol. The molecule has 1 aromatic carbocycles. The number of hydrogen-bond acceptors (Lipinski definition) is 2. The molecule has 0 saturated carbocycles. The summed E-state index contributed by atoms with van der Waals surface area (Å²) in [7, 11) is 0. The van der Waals surface area contributed by atoms with Crippen molar-refractivity contribution in [3.8, 4) is 0 Å². The first kappa shape index (κ1) is 15.7. The van der Waals surface area contributed by atoms with Crippen molar-refractivity contribution in [1.82, 2.24) is 0 Å². The lowest BCUT2D eigenvalue weighted by atomic mass is 10.1. The Morgan fingerprint density at radius 2 is 1.42 bits per heavy atom. The van der Waals surface area contributed by atoms with E-state index in [2.05, 4.69) is 5.32 Å². The fourth-order valence-electron chi connectivity index (χ4n) is 1.54. The summed E-state index contributed by atoms with van der Waals surface area (Å²) in [4.78, 5) is 0. The normalized spacial score (nSPS) is 12.6. The van der Waals surface area contributed by atoms with Gasteiger partial charge in [-0.05, 0) is 25.3 Å². The van der Waals surface area contributed by atoms with Crippen LogP contribution >= 0.6 is 0 Å². The van der Waals surface area contributed by atoms with Gasteiger partial charge in [0.2, 0.25) is 5.82 Å². The zero-order chi connectivity index (χ0) is 14.6. The van der Waals surface area contributed by atoms with Crippen LogP contribution in [-0.4, -0.2) is 13.1 Å². The van der Waals surface area contributed by atoms with Gasteiger partial charge in [0.1, 0.15) is 5.69 Å². The molecule has 0 radical (unpaired) electrons. The van der Waals surface area contributed by atoms with E-state index in [0.717, 1.165) is 0 Å². The molecule has 0 aromatic heterocycles. The number of nitrogens with one attached hydrogen (secondary N) is 1. The van der Waals surface area contributed by atoms with Crippen LogP contribution in [0, 0.1) is 35.0 Å². The van der Waals surface area contributed by atoms with Gasteiger partial charge in [0.05, 0.1) is 0 Å². The van der Waals surface area contributed by atoms with Crippen molar-refractivity contribution < 1.29 is 22.0 Å². The molecule has 2 nitrogen and oxygen atoms in total. The summed E-state index contributed by atoms with van der Waals surface area (Å²) in [5.74, 6) is -9.50. The minimum Gasteiger partial charge on any atom is -0.380 e. The minimum absolute atomic E-state index is 0.0999. The largest absolute Gasteiger partial charge is 0.380 e. The topological polar surface area (TPSA) is 38.0 Å². The van der Waals surface area contributed by atoms with Crippen LogP contribution in [0.4, 0.5) is 27.6 Å². The summed E-state index contributed by atoms with van der Waals surface area (Å²) in [6, 6.07) is 0. The van der Waals surface area contributed by atoms with Crippen molar-refractivity contribution in [2.45, 2.75) is 19.8 Å². The minimum atomic E-state index is -2.16. The van der Waals surface area contributed by atoms with Gasteiger partial charge in [0, 0.05) is 6.54 Å². The van der Waals surface area contributed by atoms with Crippen LogP contribution in [0.15, 0.2) is 0 Å². The van der Waals surface area contributed by atoms with E-state index in [1.807, 2.05) is 6.92 Å². The molecule has 7 heteroatoms. The molecule has 108 valence electrons. The molecule has 0 saturated heterocycles. The summed E-state index contributed by atoms with van der Waals surface area (Å²) >= 11 is 0. The lowest BCUT2D eigenvalue weighted by Gasteiger charge is -2.12. The van der Waals surface area contributed by atoms with Crippen molar-refractivity contribution in [2.75, 3.05) is 18.4 Å². The first-order chi connectivity index (χ1) is 8.90. The predicted molar refractivity (Wildman–Crippen MR) is 62.2 cm³/mol. The Hall–Kier alpha value is -1.37. The predicted octanol–water partition coefficient (Wildman–Crippen LogP) is 3.17. The maximum Gasteiger partial charge on any atom is 0.200 e. The molecule has 0 aliphatic heterocycles. The van der Waals surface area contributed by atoms with Crippen LogP contribution in [-0.2, 0) is 0 Å². The molecule has 0 fully saturated rings. The summed E-state index contributed by atoms with van der Waals surface area (Å²) in [6.07, 6.45) is 1.21. The average molecular weight is 282 g/mol. The van der Waals surface area contributed by atoms with Gasteiger partial charge in [-0.15, -0.1) is 0 Å². The van der Waals surface area contributed by atoms with Gasteiger partial charge in [-0.2, -0.15) is 0 Å². The highest BCUT2D eigenvalue weighted by Crippen LogP contribution is 2.27. The van der Waals surface area contributed by atoms with Gasteiger partial charge < -0.3 is 11.1 Å². The van der Waals surface area contributed by atoms with Crippen molar-refractivity contribution in [3.05, 3.63) is 29.1 Å². The molecule has 0 aliphatic carbocycles. The van der Waals surface area contributed by atoms with E-state index in [-0.39, 0.29) is 12.5 Å². The van der Waals surface area contributed by atoms with Crippen molar-refractivity contribution in [1.29, 1.82) is 0 Å². The molecule has 19 heavy (non-hydrogen) atoms.